The smallest absolute Gasteiger partial charge is 0.254 e. The second-order valence-electron chi connectivity index (χ2n) is 3.34. The summed E-state index contributed by atoms with van der Waals surface area (Å²) in [5.41, 5.74) is 7.83. The van der Waals surface area contributed by atoms with Crippen LogP contribution in [-0.2, 0) is 0 Å². The van der Waals surface area contributed by atoms with E-state index in [2.05, 4.69) is 15.9 Å². The molecule has 1 amide bonds. The first kappa shape index (κ1) is 11.0. The van der Waals surface area contributed by atoms with Gasteiger partial charge in [-0.3, -0.25) is 4.79 Å². The second kappa shape index (κ2) is 4.00. The first-order valence-electron chi connectivity index (χ1n) is 4.21. The number of nitrogen functional groups attached to an aromatic ring is 1. The highest BCUT2D eigenvalue weighted by Crippen LogP contribution is 2.25. The maximum atomic E-state index is 11.8. The Bertz CT molecular complexity index is 375. The van der Waals surface area contributed by atoms with Crippen molar-refractivity contribution in [1.29, 1.82) is 0 Å². The molecule has 0 spiro atoms. The van der Waals surface area contributed by atoms with Gasteiger partial charge in [0, 0.05) is 24.3 Å². The van der Waals surface area contributed by atoms with Crippen LogP contribution in [0, 0.1) is 6.92 Å². The minimum Gasteiger partial charge on any atom is -0.398 e. The number of carbonyl (C=O) groups excluding carboxylic acids is 1. The van der Waals surface area contributed by atoms with Gasteiger partial charge in [0.25, 0.3) is 5.91 Å². The molecular weight excluding hydrogens is 244 g/mol. The third-order valence-corrected chi connectivity index (χ3v) is 2.74. The SMILES string of the molecule is Cc1c(N)ccc(Br)c1C(=O)N(C)C. The van der Waals surface area contributed by atoms with Crippen LogP contribution in [0.4, 0.5) is 5.69 Å². The molecule has 14 heavy (non-hydrogen) atoms. The fourth-order valence-corrected chi connectivity index (χ4v) is 1.78. The Kier molecular flexibility index (Phi) is 3.16. The van der Waals surface area contributed by atoms with Crippen molar-refractivity contribution in [3.05, 3.63) is 27.7 Å². The molecule has 0 radical (unpaired) electrons. The van der Waals surface area contributed by atoms with Crippen molar-refractivity contribution in [2.75, 3.05) is 19.8 Å². The molecular formula is C10H13BrN2O. The van der Waals surface area contributed by atoms with E-state index in [1.54, 1.807) is 26.2 Å². The van der Waals surface area contributed by atoms with Crippen molar-refractivity contribution in [1.82, 2.24) is 4.90 Å². The number of amides is 1. The highest BCUT2D eigenvalue weighted by Gasteiger charge is 2.16. The van der Waals surface area contributed by atoms with Crippen molar-refractivity contribution < 1.29 is 4.79 Å². The maximum absolute atomic E-state index is 11.8. The maximum Gasteiger partial charge on any atom is 0.254 e. The van der Waals surface area contributed by atoms with E-state index in [9.17, 15) is 4.79 Å². The van der Waals surface area contributed by atoms with Crippen molar-refractivity contribution in [3.8, 4) is 0 Å². The molecule has 3 nitrogen and oxygen atoms in total. The number of benzene rings is 1. The first-order valence-corrected chi connectivity index (χ1v) is 5.00. The molecule has 4 heteroatoms. The molecule has 0 heterocycles. The summed E-state index contributed by atoms with van der Waals surface area (Å²) in [6, 6.07) is 3.57. The zero-order chi connectivity index (χ0) is 10.9. The van der Waals surface area contributed by atoms with E-state index in [1.807, 2.05) is 6.92 Å². The molecule has 0 aliphatic heterocycles. The molecule has 0 aliphatic rings. The van der Waals surface area contributed by atoms with Gasteiger partial charge in [-0.25, -0.2) is 0 Å². The number of halogens is 1. The molecule has 0 fully saturated rings. The van der Waals surface area contributed by atoms with Crippen LogP contribution < -0.4 is 5.73 Å². The predicted molar refractivity (Wildman–Crippen MR) is 61.3 cm³/mol. The van der Waals surface area contributed by atoms with Gasteiger partial charge in [-0.2, -0.15) is 0 Å². The van der Waals surface area contributed by atoms with Gasteiger partial charge in [-0.05, 0) is 40.5 Å². The molecule has 2 N–H and O–H groups in total. The van der Waals surface area contributed by atoms with E-state index in [0.717, 1.165) is 10.0 Å². The predicted octanol–water partition coefficient (Wildman–Crippen LogP) is 2.04. The number of hydrogen-bond acceptors (Lipinski definition) is 2. The van der Waals surface area contributed by atoms with Crippen LogP contribution in [0.2, 0.25) is 0 Å². The number of carbonyl (C=O) groups is 1. The van der Waals surface area contributed by atoms with E-state index in [0.29, 0.717) is 11.3 Å². The van der Waals surface area contributed by atoms with Crippen LogP contribution in [0.5, 0.6) is 0 Å². The van der Waals surface area contributed by atoms with Gasteiger partial charge in [0.2, 0.25) is 0 Å². The fraction of sp³-hybridized carbons (Fsp3) is 0.300. The molecule has 0 unspecified atom stereocenters. The van der Waals surface area contributed by atoms with Crippen LogP contribution in [0.1, 0.15) is 15.9 Å². The minimum absolute atomic E-state index is 0.0401. The number of nitrogens with two attached hydrogens (primary N) is 1. The van der Waals surface area contributed by atoms with E-state index < -0.39 is 0 Å². The summed E-state index contributed by atoms with van der Waals surface area (Å²) < 4.78 is 0.780. The van der Waals surface area contributed by atoms with Crippen molar-refractivity contribution in [2.24, 2.45) is 0 Å². The van der Waals surface area contributed by atoms with Gasteiger partial charge < -0.3 is 10.6 Å². The van der Waals surface area contributed by atoms with Crippen LogP contribution in [-0.4, -0.2) is 24.9 Å². The normalized spacial score (nSPS) is 10.0. The largest absolute Gasteiger partial charge is 0.398 e. The fourth-order valence-electron chi connectivity index (χ4n) is 1.18. The van der Waals surface area contributed by atoms with E-state index in [4.69, 9.17) is 5.73 Å². The zero-order valence-corrected chi connectivity index (χ0v) is 10.1. The highest BCUT2D eigenvalue weighted by atomic mass is 79.9. The third-order valence-electron chi connectivity index (χ3n) is 2.08. The molecule has 0 bridgehead atoms. The minimum atomic E-state index is -0.0401. The number of rotatable bonds is 1. The van der Waals surface area contributed by atoms with Gasteiger partial charge in [0.05, 0.1) is 5.56 Å². The molecule has 0 atom stereocenters. The summed E-state index contributed by atoms with van der Waals surface area (Å²) in [6.45, 7) is 1.84. The van der Waals surface area contributed by atoms with Crippen molar-refractivity contribution in [2.45, 2.75) is 6.92 Å². The van der Waals surface area contributed by atoms with E-state index >= 15 is 0 Å². The quantitative estimate of drug-likeness (QED) is 0.782. The molecule has 1 rings (SSSR count). The topological polar surface area (TPSA) is 46.3 Å². The summed E-state index contributed by atoms with van der Waals surface area (Å²) in [7, 11) is 3.44. The Morgan fingerprint density at radius 2 is 2.00 bits per heavy atom. The van der Waals surface area contributed by atoms with Crippen LogP contribution in [0.3, 0.4) is 0 Å². The Hall–Kier alpha value is -1.03. The average molecular weight is 257 g/mol. The lowest BCUT2D eigenvalue weighted by Crippen LogP contribution is -2.23. The Morgan fingerprint density at radius 1 is 1.43 bits per heavy atom. The number of hydrogen-bond donors (Lipinski definition) is 1. The zero-order valence-electron chi connectivity index (χ0n) is 8.47. The second-order valence-corrected chi connectivity index (χ2v) is 4.19. The molecule has 1 aromatic rings. The lowest BCUT2D eigenvalue weighted by Gasteiger charge is -2.15. The Labute approximate surface area is 92.0 Å². The number of nitrogens with zero attached hydrogens (tertiary/aromatic N) is 1. The van der Waals surface area contributed by atoms with Gasteiger partial charge in [-0.1, -0.05) is 0 Å². The highest BCUT2D eigenvalue weighted by molar-refractivity contribution is 9.10. The summed E-state index contributed by atoms with van der Waals surface area (Å²) in [5, 5.41) is 0. The molecule has 0 saturated carbocycles. The molecule has 1 aromatic carbocycles. The lowest BCUT2D eigenvalue weighted by atomic mass is 10.1. The molecule has 0 aliphatic carbocycles. The Balaban J connectivity index is 3.33. The summed E-state index contributed by atoms with van der Waals surface area (Å²) in [5.74, 6) is -0.0401. The van der Waals surface area contributed by atoms with E-state index in [-0.39, 0.29) is 5.91 Å². The Morgan fingerprint density at radius 3 is 2.50 bits per heavy atom. The lowest BCUT2D eigenvalue weighted by molar-refractivity contribution is 0.0826. The van der Waals surface area contributed by atoms with Crippen LogP contribution in [0.25, 0.3) is 0 Å². The van der Waals surface area contributed by atoms with E-state index in [1.165, 1.54) is 4.90 Å². The molecule has 0 saturated heterocycles. The molecule has 76 valence electrons. The summed E-state index contributed by atoms with van der Waals surface area (Å²) >= 11 is 3.35. The summed E-state index contributed by atoms with van der Waals surface area (Å²) in [6.07, 6.45) is 0. The van der Waals surface area contributed by atoms with Crippen LogP contribution in [0.15, 0.2) is 16.6 Å². The summed E-state index contributed by atoms with van der Waals surface area (Å²) in [4.78, 5) is 13.3. The number of anilines is 1. The monoisotopic (exact) mass is 256 g/mol. The van der Waals surface area contributed by atoms with Gasteiger partial charge in [-0.15, -0.1) is 0 Å². The van der Waals surface area contributed by atoms with Gasteiger partial charge in [0.15, 0.2) is 0 Å². The van der Waals surface area contributed by atoms with Gasteiger partial charge >= 0.3 is 0 Å². The third kappa shape index (κ3) is 1.90. The van der Waals surface area contributed by atoms with Crippen molar-refractivity contribution >= 4 is 27.5 Å². The first-order chi connectivity index (χ1) is 6.45. The van der Waals surface area contributed by atoms with Gasteiger partial charge in [0.1, 0.15) is 0 Å². The standard InChI is InChI=1S/C10H13BrN2O/c1-6-8(12)5-4-7(11)9(6)10(14)13(2)3/h4-5H,12H2,1-3H3. The average Bonchev–Trinajstić information content (AvgIpc) is 2.12. The molecule has 0 aromatic heterocycles. The van der Waals surface area contributed by atoms with Crippen molar-refractivity contribution in [3.63, 3.8) is 0 Å². The van der Waals surface area contributed by atoms with Crippen LogP contribution >= 0.6 is 15.9 Å².